The summed E-state index contributed by atoms with van der Waals surface area (Å²) in [4.78, 5) is 2.54. The molecule has 0 spiro atoms. The van der Waals surface area contributed by atoms with Gasteiger partial charge in [0.1, 0.15) is 0 Å². The third kappa shape index (κ3) is 3.29. The third-order valence-corrected chi connectivity index (χ3v) is 6.31. The van der Waals surface area contributed by atoms with Crippen LogP contribution in [-0.2, 0) is 0 Å². The fraction of sp³-hybridized carbons (Fsp3) is 0.529. The summed E-state index contributed by atoms with van der Waals surface area (Å²) >= 11 is 3.97. The van der Waals surface area contributed by atoms with Crippen molar-refractivity contribution in [1.82, 2.24) is 10.2 Å². The van der Waals surface area contributed by atoms with Gasteiger partial charge in [-0.3, -0.25) is 4.90 Å². The summed E-state index contributed by atoms with van der Waals surface area (Å²) < 4.78 is 1.45. The van der Waals surface area contributed by atoms with Crippen molar-refractivity contribution in [3.8, 4) is 0 Å². The van der Waals surface area contributed by atoms with Gasteiger partial charge in [-0.2, -0.15) is 11.8 Å². The minimum absolute atomic E-state index is 0.435. The van der Waals surface area contributed by atoms with Gasteiger partial charge in [0.05, 0.1) is 0 Å². The molecule has 2 nitrogen and oxygen atoms in total. The smallest absolute Gasteiger partial charge is 0.0500 e. The summed E-state index contributed by atoms with van der Waals surface area (Å²) in [6.45, 7) is 4.52. The summed E-state index contributed by atoms with van der Waals surface area (Å²) in [5.41, 5.74) is 1.48. The van der Waals surface area contributed by atoms with E-state index < -0.39 is 0 Å². The van der Waals surface area contributed by atoms with Crippen molar-refractivity contribution in [3.05, 3.63) is 35.2 Å². The summed E-state index contributed by atoms with van der Waals surface area (Å²) in [6, 6.07) is 10.0. The number of nitrogens with one attached hydrogen (secondary N) is 1. The van der Waals surface area contributed by atoms with E-state index in [1.165, 1.54) is 40.1 Å². The molecular weight excluding hydrogens is 296 g/mol. The molecule has 4 heteroatoms. The highest BCUT2D eigenvalue weighted by Gasteiger charge is 2.29. The zero-order valence-electron chi connectivity index (χ0n) is 12.8. The zero-order chi connectivity index (χ0) is 14.7. The third-order valence-electron chi connectivity index (χ3n) is 4.29. The van der Waals surface area contributed by atoms with Crippen LogP contribution in [0.1, 0.15) is 24.9 Å². The summed E-state index contributed by atoms with van der Waals surface area (Å²) in [5.74, 6) is 2.48. The summed E-state index contributed by atoms with van der Waals surface area (Å²) in [5, 5.41) is 7.41. The molecule has 0 radical (unpaired) electrons. The van der Waals surface area contributed by atoms with E-state index in [9.17, 15) is 0 Å². The molecule has 1 fully saturated rings. The second-order valence-corrected chi connectivity index (χ2v) is 7.81. The van der Waals surface area contributed by atoms with Gasteiger partial charge in [-0.1, -0.05) is 25.1 Å². The lowest BCUT2D eigenvalue weighted by molar-refractivity contribution is 0.216. The molecule has 0 saturated carbocycles. The van der Waals surface area contributed by atoms with Gasteiger partial charge in [-0.25, -0.2) is 0 Å². The number of nitrogens with zero attached hydrogens (tertiary/aromatic N) is 1. The number of thioether (sulfide) groups is 1. The molecule has 0 bridgehead atoms. The Balaban J connectivity index is 1.96. The normalized spacial score (nSPS) is 21.7. The number of benzene rings is 1. The van der Waals surface area contributed by atoms with E-state index in [1.54, 1.807) is 0 Å². The Labute approximate surface area is 135 Å². The number of rotatable bonds is 5. The number of thiophene rings is 1. The van der Waals surface area contributed by atoms with Gasteiger partial charge in [-0.05, 0) is 42.4 Å². The van der Waals surface area contributed by atoms with Crippen LogP contribution in [0.2, 0.25) is 0 Å². The number of hydrogen-bond acceptors (Lipinski definition) is 4. The van der Waals surface area contributed by atoms with Gasteiger partial charge in [0.15, 0.2) is 0 Å². The maximum absolute atomic E-state index is 3.82. The van der Waals surface area contributed by atoms with Gasteiger partial charge < -0.3 is 5.32 Å². The van der Waals surface area contributed by atoms with Crippen molar-refractivity contribution < 1.29 is 0 Å². The van der Waals surface area contributed by atoms with Crippen LogP contribution in [0.15, 0.2) is 29.6 Å². The predicted octanol–water partition coefficient (Wildman–Crippen LogP) is 3.99. The first kappa shape index (κ1) is 15.3. The van der Waals surface area contributed by atoms with Crippen molar-refractivity contribution in [1.29, 1.82) is 0 Å². The number of likely N-dealkylation sites (N-methyl/N-ethyl adjacent to an activating group) is 1. The van der Waals surface area contributed by atoms with E-state index in [0.29, 0.717) is 12.1 Å². The second-order valence-electron chi connectivity index (χ2n) is 5.74. The largest absolute Gasteiger partial charge is 0.309 e. The van der Waals surface area contributed by atoms with Crippen LogP contribution in [0, 0.1) is 0 Å². The molecule has 21 heavy (non-hydrogen) atoms. The topological polar surface area (TPSA) is 15.3 Å². The Bertz CT molecular complexity index is 581. The maximum atomic E-state index is 3.82. The van der Waals surface area contributed by atoms with Crippen molar-refractivity contribution in [2.24, 2.45) is 0 Å². The average molecular weight is 321 g/mol. The van der Waals surface area contributed by atoms with Gasteiger partial charge in [0.25, 0.3) is 0 Å². The first-order valence-corrected chi connectivity index (χ1v) is 9.82. The Morgan fingerprint density at radius 2 is 2.29 bits per heavy atom. The van der Waals surface area contributed by atoms with Crippen molar-refractivity contribution in [2.75, 3.05) is 31.6 Å². The predicted molar refractivity (Wildman–Crippen MR) is 96.6 cm³/mol. The van der Waals surface area contributed by atoms with Crippen LogP contribution >= 0.6 is 23.1 Å². The van der Waals surface area contributed by atoms with Crippen LogP contribution in [-0.4, -0.2) is 42.6 Å². The highest BCUT2D eigenvalue weighted by Crippen LogP contribution is 2.34. The average Bonchev–Trinajstić information content (AvgIpc) is 2.98. The molecule has 1 aromatic carbocycles. The molecule has 2 aromatic rings. The monoisotopic (exact) mass is 320 g/mol. The Morgan fingerprint density at radius 1 is 1.38 bits per heavy atom. The molecule has 1 aliphatic heterocycles. The van der Waals surface area contributed by atoms with Crippen LogP contribution in [0.4, 0.5) is 0 Å². The second kappa shape index (κ2) is 7.14. The zero-order valence-corrected chi connectivity index (χ0v) is 14.5. The lowest BCUT2D eigenvalue weighted by Crippen LogP contribution is -2.48. The Morgan fingerprint density at radius 3 is 3.10 bits per heavy atom. The lowest BCUT2D eigenvalue weighted by Gasteiger charge is -2.38. The fourth-order valence-electron chi connectivity index (χ4n) is 3.07. The van der Waals surface area contributed by atoms with Gasteiger partial charge >= 0.3 is 0 Å². The first-order chi connectivity index (χ1) is 10.3. The van der Waals surface area contributed by atoms with Gasteiger partial charge in [0.2, 0.25) is 0 Å². The minimum atomic E-state index is 0.435. The lowest BCUT2D eigenvalue weighted by atomic mass is 9.97. The van der Waals surface area contributed by atoms with E-state index in [0.717, 1.165) is 6.54 Å². The van der Waals surface area contributed by atoms with E-state index in [1.807, 2.05) is 11.3 Å². The first-order valence-electron chi connectivity index (χ1n) is 7.78. The van der Waals surface area contributed by atoms with Crippen molar-refractivity contribution in [2.45, 2.75) is 25.4 Å². The molecule has 0 amide bonds. The fourth-order valence-corrected chi connectivity index (χ4v) is 5.30. The molecule has 2 heterocycles. The maximum Gasteiger partial charge on any atom is 0.0500 e. The van der Waals surface area contributed by atoms with Gasteiger partial charge in [0, 0.05) is 34.8 Å². The standard InChI is InChI=1S/C17H24N2S2/c1-3-8-18-16(15-12-20-11-9-19(15)2)14-6-4-5-13-7-10-21-17(13)14/h4-7,10,15-16,18H,3,8-9,11-12H2,1-2H3. The van der Waals surface area contributed by atoms with Crippen LogP contribution in [0.25, 0.3) is 10.1 Å². The Hall–Kier alpha value is -0.550. The molecule has 114 valence electrons. The van der Waals surface area contributed by atoms with E-state index in [2.05, 4.69) is 65.6 Å². The molecule has 2 atom stereocenters. The molecule has 3 rings (SSSR count). The number of hydrogen-bond donors (Lipinski definition) is 1. The molecular formula is C17H24N2S2. The van der Waals surface area contributed by atoms with Crippen LogP contribution in [0.5, 0.6) is 0 Å². The van der Waals surface area contributed by atoms with E-state index in [-0.39, 0.29) is 0 Å². The van der Waals surface area contributed by atoms with E-state index in [4.69, 9.17) is 0 Å². The van der Waals surface area contributed by atoms with E-state index >= 15 is 0 Å². The highest BCUT2D eigenvalue weighted by atomic mass is 32.2. The summed E-state index contributed by atoms with van der Waals surface area (Å²) in [6.07, 6.45) is 1.18. The SMILES string of the molecule is CCCNC(c1cccc2ccsc12)C1CSCCN1C. The molecule has 0 aliphatic carbocycles. The molecule has 1 aromatic heterocycles. The molecule has 1 N–H and O–H groups in total. The van der Waals surface area contributed by atoms with Crippen molar-refractivity contribution in [3.63, 3.8) is 0 Å². The quantitative estimate of drug-likeness (QED) is 0.897. The highest BCUT2D eigenvalue weighted by molar-refractivity contribution is 7.99. The van der Waals surface area contributed by atoms with Crippen LogP contribution in [0.3, 0.4) is 0 Å². The van der Waals surface area contributed by atoms with Crippen LogP contribution < -0.4 is 5.32 Å². The molecule has 2 unspecified atom stereocenters. The molecule has 1 saturated heterocycles. The van der Waals surface area contributed by atoms with Gasteiger partial charge in [-0.15, -0.1) is 11.3 Å². The molecule has 1 aliphatic rings. The van der Waals surface area contributed by atoms with Crippen molar-refractivity contribution >= 4 is 33.2 Å². The minimum Gasteiger partial charge on any atom is -0.309 e. The Kier molecular flexibility index (Phi) is 5.22. The summed E-state index contributed by atoms with van der Waals surface area (Å²) in [7, 11) is 2.28. The number of fused-ring (bicyclic) bond motifs is 1.